The lowest BCUT2D eigenvalue weighted by Gasteiger charge is -2.01. The number of amides is 2. The summed E-state index contributed by atoms with van der Waals surface area (Å²) >= 11 is 0.947. The molecule has 0 saturated carbocycles. The monoisotopic (exact) mass is 366 g/mol. The van der Waals surface area contributed by atoms with Crippen LogP contribution in [0.3, 0.4) is 0 Å². The molecule has 2 amide bonds. The second-order valence-electron chi connectivity index (χ2n) is 4.90. The molecule has 0 unspecified atom stereocenters. The molecule has 0 aliphatic carbocycles. The number of H-pyrrole nitrogens is 1. The molecule has 0 aliphatic rings. The number of urea groups is 1. The van der Waals surface area contributed by atoms with Crippen LogP contribution in [-0.2, 0) is 10.1 Å². The summed E-state index contributed by atoms with van der Waals surface area (Å²) in [6.45, 7) is 2.30. The molecule has 0 atom stereocenters. The zero-order valence-corrected chi connectivity index (χ0v) is 14.2. The van der Waals surface area contributed by atoms with Gasteiger partial charge in [0.15, 0.2) is 4.21 Å². The van der Waals surface area contributed by atoms with E-state index in [1.807, 2.05) is 0 Å². The van der Waals surface area contributed by atoms with Crippen LogP contribution in [-0.4, -0.2) is 35.5 Å². The number of nitrogens with one attached hydrogen (secondary N) is 3. The summed E-state index contributed by atoms with van der Waals surface area (Å²) in [6.07, 6.45) is 0. The third-order valence-corrected chi connectivity index (χ3v) is 5.54. The minimum absolute atomic E-state index is 0.109. The van der Waals surface area contributed by atoms with Crippen molar-refractivity contribution in [2.45, 2.75) is 11.1 Å². The molecule has 0 aliphatic heterocycles. The number of hydrogen-bond acceptors (Lipinski definition) is 5. The average molecular weight is 366 g/mol. The quantitative estimate of drug-likeness (QED) is 0.529. The first-order valence-corrected chi connectivity index (χ1v) is 9.30. The normalized spacial score (nSPS) is 11.6. The highest BCUT2D eigenvalue weighted by Gasteiger charge is 2.19. The van der Waals surface area contributed by atoms with E-state index in [9.17, 15) is 17.8 Å². The highest BCUT2D eigenvalue weighted by atomic mass is 32.3. The second kappa shape index (κ2) is 6.23. The first kappa shape index (κ1) is 16.4. The van der Waals surface area contributed by atoms with Crippen molar-refractivity contribution in [2.75, 3.05) is 11.9 Å². The van der Waals surface area contributed by atoms with Gasteiger partial charge in [0.2, 0.25) is 5.95 Å². The number of rotatable bonds is 4. The number of aromatic nitrogens is 2. The third-order valence-electron chi connectivity index (χ3n) is 3.23. The van der Waals surface area contributed by atoms with Crippen LogP contribution in [0.1, 0.15) is 6.92 Å². The molecule has 0 bridgehead atoms. The number of anilines is 1. The zero-order valence-electron chi connectivity index (χ0n) is 12.5. The summed E-state index contributed by atoms with van der Waals surface area (Å²) in [5.74, 6) is 0.286. The molecule has 4 N–H and O–H groups in total. The SMILES string of the molecule is CCNC(=O)Nc1nc2ccc(-c3ccsc3S(=O)(=O)O)cc2[nH]1. The Morgan fingerprint density at radius 2 is 2.17 bits per heavy atom. The molecule has 0 spiro atoms. The number of benzene rings is 1. The van der Waals surface area contributed by atoms with Gasteiger partial charge in [0.25, 0.3) is 0 Å². The molecular formula is C14H14N4O4S2. The van der Waals surface area contributed by atoms with Crippen molar-refractivity contribution in [1.82, 2.24) is 15.3 Å². The van der Waals surface area contributed by atoms with Crippen molar-refractivity contribution in [2.24, 2.45) is 0 Å². The standard InChI is InChI=1S/C14H14N4O4S2/c1-2-15-14(19)18-13-16-10-4-3-8(7-11(10)17-13)9-5-6-23-12(9)24(20,21)22/h3-7H,2H2,1H3,(H,20,21,22)(H3,15,16,17,18,19). The van der Waals surface area contributed by atoms with Crippen LogP contribution in [0, 0.1) is 0 Å². The van der Waals surface area contributed by atoms with Gasteiger partial charge in [-0.1, -0.05) is 6.07 Å². The summed E-state index contributed by atoms with van der Waals surface area (Å²) in [6, 6.07) is 6.37. The minimum atomic E-state index is -4.28. The van der Waals surface area contributed by atoms with Gasteiger partial charge in [0.1, 0.15) is 0 Å². The number of nitrogens with zero attached hydrogens (tertiary/aromatic N) is 1. The lowest BCUT2D eigenvalue weighted by Crippen LogP contribution is -2.28. The van der Waals surface area contributed by atoms with E-state index >= 15 is 0 Å². The van der Waals surface area contributed by atoms with Crippen LogP contribution < -0.4 is 10.6 Å². The van der Waals surface area contributed by atoms with E-state index in [4.69, 9.17) is 0 Å². The lowest BCUT2D eigenvalue weighted by atomic mass is 10.1. The molecule has 10 heteroatoms. The Morgan fingerprint density at radius 1 is 1.38 bits per heavy atom. The molecule has 0 fully saturated rings. The molecule has 24 heavy (non-hydrogen) atoms. The Kier molecular flexibility index (Phi) is 4.26. The second-order valence-corrected chi connectivity index (χ2v) is 7.43. The van der Waals surface area contributed by atoms with Crippen molar-refractivity contribution in [3.8, 4) is 11.1 Å². The summed E-state index contributed by atoms with van der Waals surface area (Å²) < 4.78 is 32.0. The topological polar surface area (TPSA) is 124 Å². The van der Waals surface area contributed by atoms with E-state index < -0.39 is 10.1 Å². The lowest BCUT2D eigenvalue weighted by molar-refractivity contribution is 0.252. The van der Waals surface area contributed by atoms with E-state index in [1.54, 1.807) is 36.6 Å². The van der Waals surface area contributed by atoms with Gasteiger partial charge < -0.3 is 10.3 Å². The number of aromatic amines is 1. The first-order chi connectivity index (χ1) is 11.4. The molecule has 3 rings (SSSR count). The largest absolute Gasteiger partial charge is 0.338 e. The predicted octanol–water partition coefficient (Wildman–Crippen LogP) is 2.68. The minimum Gasteiger partial charge on any atom is -0.338 e. The molecule has 3 aromatic rings. The molecule has 0 radical (unpaired) electrons. The number of hydrogen-bond donors (Lipinski definition) is 4. The molecular weight excluding hydrogens is 352 g/mol. The van der Waals surface area contributed by atoms with Crippen LogP contribution in [0.25, 0.3) is 22.2 Å². The third kappa shape index (κ3) is 3.25. The fourth-order valence-electron chi connectivity index (χ4n) is 2.26. The Balaban J connectivity index is 1.98. The van der Waals surface area contributed by atoms with Gasteiger partial charge in [-0.2, -0.15) is 8.42 Å². The van der Waals surface area contributed by atoms with Gasteiger partial charge in [-0.15, -0.1) is 11.3 Å². The smallest absolute Gasteiger partial charge is 0.321 e. The number of thiophene rings is 1. The van der Waals surface area contributed by atoms with Gasteiger partial charge in [0, 0.05) is 12.1 Å². The molecule has 1 aromatic carbocycles. The molecule has 126 valence electrons. The van der Waals surface area contributed by atoms with Gasteiger partial charge >= 0.3 is 16.1 Å². The fraction of sp³-hybridized carbons (Fsp3) is 0.143. The molecule has 2 aromatic heterocycles. The summed E-state index contributed by atoms with van der Waals surface area (Å²) in [7, 11) is -4.28. The molecule has 0 saturated heterocycles. The van der Waals surface area contributed by atoms with E-state index in [0.29, 0.717) is 28.7 Å². The summed E-state index contributed by atoms with van der Waals surface area (Å²) in [5.41, 5.74) is 2.28. The predicted molar refractivity (Wildman–Crippen MR) is 91.9 cm³/mol. The average Bonchev–Trinajstić information content (AvgIpc) is 3.12. The Bertz CT molecular complexity index is 1010. The van der Waals surface area contributed by atoms with Crippen LogP contribution in [0.15, 0.2) is 33.9 Å². The molecule has 8 nitrogen and oxygen atoms in total. The zero-order chi connectivity index (χ0) is 17.3. The van der Waals surface area contributed by atoms with Crippen LogP contribution in [0.2, 0.25) is 0 Å². The highest BCUT2D eigenvalue weighted by molar-refractivity contribution is 7.88. The number of imidazole rings is 1. The van der Waals surface area contributed by atoms with Crippen molar-refractivity contribution in [1.29, 1.82) is 0 Å². The van der Waals surface area contributed by atoms with Crippen molar-refractivity contribution in [3.05, 3.63) is 29.6 Å². The van der Waals surface area contributed by atoms with Crippen LogP contribution >= 0.6 is 11.3 Å². The first-order valence-electron chi connectivity index (χ1n) is 6.98. The van der Waals surface area contributed by atoms with Crippen molar-refractivity contribution >= 4 is 44.5 Å². The van der Waals surface area contributed by atoms with E-state index in [-0.39, 0.29) is 16.2 Å². The van der Waals surface area contributed by atoms with Crippen molar-refractivity contribution < 1.29 is 17.8 Å². The van der Waals surface area contributed by atoms with Crippen LogP contribution in [0.4, 0.5) is 10.7 Å². The van der Waals surface area contributed by atoms with Crippen LogP contribution in [0.5, 0.6) is 0 Å². The Hall–Kier alpha value is -2.43. The fourth-order valence-corrected chi connectivity index (χ4v) is 4.02. The molecule has 2 heterocycles. The number of carbonyl (C=O) groups is 1. The maximum absolute atomic E-state index is 11.5. The summed E-state index contributed by atoms with van der Waals surface area (Å²) in [5, 5.41) is 6.76. The van der Waals surface area contributed by atoms with Gasteiger partial charge in [-0.3, -0.25) is 9.87 Å². The summed E-state index contributed by atoms with van der Waals surface area (Å²) in [4.78, 5) is 18.7. The maximum atomic E-state index is 11.5. The van der Waals surface area contributed by atoms with Crippen molar-refractivity contribution in [3.63, 3.8) is 0 Å². The number of fused-ring (bicyclic) bond motifs is 1. The van der Waals surface area contributed by atoms with E-state index in [0.717, 1.165) is 11.3 Å². The highest BCUT2D eigenvalue weighted by Crippen LogP contribution is 2.33. The van der Waals surface area contributed by atoms with E-state index in [2.05, 4.69) is 20.6 Å². The van der Waals surface area contributed by atoms with Gasteiger partial charge in [-0.05, 0) is 36.1 Å². The van der Waals surface area contributed by atoms with Gasteiger partial charge in [-0.25, -0.2) is 9.78 Å². The van der Waals surface area contributed by atoms with E-state index in [1.165, 1.54) is 0 Å². The van der Waals surface area contributed by atoms with Gasteiger partial charge in [0.05, 0.1) is 11.0 Å². The number of carbonyl (C=O) groups excluding carboxylic acids is 1. The Morgan fingerprint density at radius 3 is 2.88 bits per heavy atom. The Labute approximate surface area is 141 Å². The maximum Gasteiger partial charge on any atom is 0.321 e.